The van der Waals surface area contributed by atoms with Crippen LogP contribution in [0.4, 0.5) is 4.79 Å². The summed E-state index contributed by atoms with van der Waals surface area (Å²) in [4.78, 5) is 40.6. The predicted octanol–water partition coefficient (Wildman–Crippen LogP) is 4.83. The van der Waals surface area contributed by atoms with E-state index in [1.54, 1.807) is 25.2 Å². The van der Waals surface area contributed by atoms with Crippen LogP contribution in [0.3, 0.4) is 0 Å². The topological polar surface area (TPSA) is 119 Å². The van der Waals surface area contributed by atoms with Crippen molar-refractivity contribution in [2.75, 3.05) is 20.1 Å². The second-order valence-corrected chi connectivity index (χ2v) is 10.1. The van der Waals surface area contributed by atoms with Crippen molar-refractivity contribution in [1.82, 2.24) is 20.9 Å². The molecular weight excluding hydrogens is 496 g/mol. The average molecular weight is 533 g/mol. The zero-order valence-corrected chi connectivity index (χ0v) is 23.0. The van der Waals surface area contributed by atoms with Crippen molar-refractivity contribution in [2.24, 2.45) is 0 Å². The molecular formula is C30H36N4O5. The van der Waals surface area contributed by atoms with Crippen LogP contribution in [0.1, 0.15) is 65.6 Å². The lowest BCUT2D eigenvalue weighted by Gasteiger charge is -2.21. The molecule has 0 aliphatic rings. The minimum absolute atomic E-state index is 0.000777. The largest absolute Gasteiger partial charge is 0.457 e. The highest BCUT2D eigenvalue weighted by atomic mass is 16.6. The number of nitrogens with one attached hydrogen (secondary N) is 3. The molecule has 1 atom stereocenters. The SMILES string of the molecule is CNC(=O)c1cc(Oc2cccc(CCNC(=O)c3cccc(C(C)CNC(=O)OC(C)(C)C)c3)c2)ccn1. The number of rotatable bonds is 10. The molecule has 0 bridgehead atoms. The van der Waals surface area contributed by atoms with E-state index in [9.17, 15) is 14.4 Å². The fourth-order valence-corrected chi connectivity index (χ4v) is 3.70. The molecule has 206 valence electrons. The first-order valence-electron chi connectivity index (χ1n) is 12.8. The summed E-state index contributed by atoms with van der Waals surface area (Å²) < 4.78 is 11.2. The Bertz CT molecular complexity index is 1300. The van der Waals surface area contributed by atoms with Gasteiger partial charge in [-0.25, -0.2) is 4.79 Å². The maximum absolute atomic E-state index is 12.8. The van der Waals surface area contributed by atoms with E-state index < -0.39 is 11.7 Å². The standard InChI is InChI=1S/C30H36N4O5/c1-20(19-34-29(37)39-30(2,3)4)22-9-7-10-23(17-22)27(35)33-14-12-21-8-6-11-24(16-21)38-25-13-15-32-26(18-25)28(36)31-5/h6-11,13,15-18,20H,12,14,19H2,1-5H3,(H,31,36)(H,33,35)(H,34,37). The average Bonchev–Trinajstić information content (AvgIpc) is 2.90. The van der Waals surface area contributed by atoms with E-state index in [4.69, 9.17) is 9.47 Å². The Kier molecular flexibility index (Phi) is 10.0. The smallest absolute Gasteiger partial charge is 0.407 e. The maximum Gasteiger partial charge on any atom is 0.407 e. The van der Waals surface area contributed by atoms with Crippen molar-refractivity contribution in [3.05, 3.63) is 89.2 Å². The number of carbonyl (C=O) groups is 3. The molecule has 0 spiro atoms. The molecule has 0 fully saturated rings. The molecule has 9 nitrogen and oxygen atoms in total. The molecule has 9 heteroatoms. The fourth-order valence-electron chi connectivity index (χ4n) is 3.70. The van der Waals surface area contributed by atoms with Gasteiger partial charge in [-0.1, -0.05) is 31.2 Å². The van der Waals surface area contributed by atoms with Gasteiger partial charge in [0.1, 0.15) is 22.8 Å². The summed E-state index contributed by atoms with van der Waals surface area (Å²) in [5.41, 5.74) is 2.20. The molecule has 1 heterocycles. The van der Waals surface area contributed by atoms with Crippen molar-refractivity contribution >= 4 is 17.9 Å². The van der Waals surface area contributed by atoms with Crippen molar-refractivity contribution in [3.8, 4) is 11.5 Å². The first-order valence-corrected chi connectivity index (χ1v) is 12.8. The van der Waals surface area contributed by atoms with E-state index in [1.165, 1.54) is 6.20 Å². The molecule has 1 aromatic heterocycles. The molecule has 0 saturated heterocycles. The van der Waals surface area contributed by atoms with Crippen LogP contribution in [-0.4, -0.2) is 48.6 Å². The van der Waals surface area contributed by atoms with Gasteiger partial charge in [-0.05, 0) is 74.6 Å². The summed E-state index contributed by atoms with van der Waals surface area (Å²) >= 11 is 0. The molecule has 3 aromatic rings. The number of alkyl carbamates (subject to hydrolysis) is 1. The first kappa shape index (κ1) is 29.2. The Morgan fingerprint density at radius 3 is 2.41 bits per heavy atom. The zero-order chi connectivity index (χ0) is 28.4. The van der Waals surface area contributed by atoms with Crippen LogP contribution in [0.5, 0.6) is 11.5 Å². The number of amides is 3. The van der Waals surface area contributed by atoms with Crippen molar-refractivity contribution in [1.29, 1.82) is 0 Å². The van der Waals surface area contributed by atoms with Gasteiger partial charge in [0.05, 0.1) is 0 Å². The summed E-state index contributed by atoms with van der Waals surface area (Å²) in [6, 6.07) is 18.2. The van der Waals surface area contributed by atoms with E-state index >= 15 is 0 Å². The Morgan fingerprint density at radius 1 is 0.923 bits per heavy atom. The Morgan fingerprint density at radius 2 is 1.67 bits per heavy atom. The van der Waals surface area contributed by atoms with Gasteiger partial charge in [-0.15, -0.1) is 0 Å². The second-order valence-electron chi connectivity index (χ2n) is 10.1. The molecule has 0 aliphatic carbocycles. The fraction of sp³-hybridized carbons (Fsp3) is 0.333. The van der Waals surface area contributed by atoms with E-state index in [-0.39, 0.29) is 23.4 Å². The van der Waals surface area contributed by atoms with Gasteiger partial charge < -0.3 is 25.4 Å². The quantitative estimate of drug-likeness (QED) is 0.344. The Hall–Kier alpha value is -4.40. The number of ether oxygens (including phenoxy) is 2. The van der Waals surface area contributed by atoms with Gasteiger partial charge in [0.2, 0.25) is 0 Å². The van der Waals surface area contributed by atoms with E-state index in [0.717, 1.165) is 11.1 Å². The third kappa shape index (κ3) is 9.45. The molecule has 3 N–H and O–H groups in total. The summed E-state index contributed by atoms with van der Waals surface area (Å²) in [5.74, 6) is 0.664. The lowest BCUT2D eigenvalue weighted by Crippen LogP contribution is -2.34. The highest BCUT2D eigenvalue weighted by molar-refractivity contribution is 5.94. The Labute approximate surface area is 229 Å². The van der Waals surface area contributed by atoms with E-state index in [1.807, 2.05) is 70.2 Å². The molecule has 3 rings (SSSR count). The number of pyridine rings is 1. The molecule has 0 aliphatic heterocycles. The van der Waals surface area contributed by atoms with Gasteiger partial charge in [-0.2, -0.15) is 0 Å². The minimum Gasteiger partial charge on any atom is -0.457 e. The lowest BCUT2D eigenvalue weighted by molar-refractivity contribution is 0.0524. The van der Waals surface area contributed by atoms with Crippen LogP contribution in [0.2, 0.25) is 0 Å². The normalized spacial score (nSPS) is 11.7. The van der Waals surface area contributed by atoms with Crippen LogP contribution in [0, 0.1) is 0 Å². The Balaban J connectivity index is 1.52. The zero-order valence-electron chi connectivity index (χ0n) is 23.0. The minimum atomic E-state index is -0.558. The molecule has 1 unspecified atom stereocenters. The maximum atomic E-state index is 12.8. The molecule has 3 amide bonds. The van der Waals surface area contributed by atoms with Gasteiger partial charge in [-0.3, -0.25) is 14.6 Å². The third-order valence-corrected chi connectivity index (χ3v) is 5.69. The highest BCUT2D eigenvalue weighted by Crippen LogP contribution is 2.23. The van der Waals surface area contributed by atoms with Crippen molar-refractivity contribution < 1.29 is 23.9 Å². The molecule has 39 heavy (non-hydrogen) atoms. The van der Waals surface area contributed by atoms with Crippen LogP contribution in [0.15, 0.2) is 66.9 Å². The number of nitrogens with zero attached hydrogens (tertiary/aromatic N) is 1. The number of carbonyl (C=O) groups excluding carboxylic acids is 3. The monoisotopic (exact) mass is 532 g/mol. The summed E-state index contributed by atoms with van der Waals surface area (Å²) in [6.07, 6.45) is 1.66. The number of aromatic nitrogens is 1. The van der Waals surface area contributed by atoms with Gasteiger partial charge >= 0.3 is 6.09 Å². The lowest BCUT2D eigenvalue weighted by atomic mass is 9.99. The van der Waals surface area contributed by atoms with Crippen molar-refractivity contribution in [2.45, 2.75) is 45.6 Å². The van der Waals surface area contributed by atoms with E-state index in [0.29, 0.717) is 36.6 Å². The van der Waals surface area contributed by atoms with Crippen LogP contribution >= 0.6 is 0 Å². The number of hydrogen-bond acceptors (Lipinski definition) is 6. The first-order chi connectivity index (χ1) is 18.5. The second kappa shape index (κ2) is 13.4. The number of benzene rings is 2. The molecule has 0 radical (unpaired) electrons. The van der Waals surface area contributed by atoms with Crippen LogP contribution in [-0.2, 0) is 11.2 Å². The highest BCUT2D eigenvalue weighted by Gasteiger charge is 2.17. The van der Waals surface area contributed by atoms with Gasteiger partial charge in [0.25, 0.3) is 11.8 Å². The molecule has 0 saturated carbocycles. The number of hydrogen-bond donors (Lipinski definition) is 3. The summed E-state index contributed by atoms with van der Waals surface area (Å²) in [7, 11) is 1.55. The third-order valence-electron chi connectivity index (χ3n) is 5.69. The molecule has 2 aromatic carbocycles. The van der Waals surface area contributed by atoms with Crippen LogP contribution in [0.25, 0.3) is 0 Å². The van der Waals surface area contributed by atoms with Gasteiger partial charge in [0.15, 0.2) is 0 Å². The predicted molar refractivity (Wildman–Crippen MR) is 149 cm³/mol. The van der Waals surface area contributed by atoms with E-state index in [2.05, 4.69) is 20.9 Å². The van der Waals surface area contributed by atoms with Crippen molar-refractivity contribution in [3.63, 3.8) is 0 Å². The van der Waals surface area contributed by atoms with Gasteiger partial charge in [0, 0.05) is 38.0 Å². The summed E-state index contributed by atoms with van der Waals surface area (Å²) in [5, 5.41) is 8.28. The summed E-state index contributed by atoms with van der Waals surface area (Å²) in [6.45, 7) is 8.26. The van der Waals surface area contributed by atoms with Crippen LogP contribution < -0.4 is 20.7 Å².